The smallest absolute Gasteiger partial charge is 0.128 e. The van der Waals surface area contributed by atoms with Gasteiger partial charge in [0.1, 0.15) is 5.82 Å². The molecule has 1 fully saturated rings. The van der Waals surface area contributed by atoms with Crippen molar-refractivity contribution < 1.29 is 4.39 Å². The lowest BCUT2D eigenvalue weighted by atomic mass is 9.92. The quantitative estimate of drug-likeness (QED) is 0.733. The molecule has 1 aromatic rings. The van der Waals surface area contributed by atoms with Crippen LogP contribution in [0.3, 0.4) is 0 Å². The van der Waals surface area contributed by atoms with E-state index in [9.17, 15) is 4.39 Å². The summed E-state index contributed by atoms with van der Waals surface area (Å²) in [6, 6.07) is 3.26. The molecular formula is C10H11ClFN. The summed E-state index contributed by atoms with van der Waals surface area (Å²) in [5.41, 5.74) is 1.74. The van der Waals surface area contributed by atoms with Crippen molar-refractivity contribution in [3.05, 3.63) is 34.1 Å². The van der Waals surface area contributed by atoms with Gasteiger partial charge in [-0.15, -0.1) is 0 Å². The number of hydrogen-bond acceptors (Lipinski definition) is 1. The van der Waals surface area contributed by atoms with Crippen molar-refractivity contribution in [3.8, 4) is 0 Å². The van der Waals surface area contributed by atoms with Crippen LogP contribution in [0.25, 0.3) is 0 Å². The van der Waals surface area contributed by atoms with Crippen molar-refractivity contribution in [1.82, 2.24) is 5.32 Å². The highest BCUT2D eigenvalue weighted by molar-refractivity contribution is 6.31. The fraction of sp³-hybridized carbons (Fsp3) is 0.400. The molecule has 1 aromatic carbocycles. The predicted octanol–water partition coefficient (Wildman–Crippen LogP) is 2.47. The van der Waals surface area contributed by atoms with Gasteiger partial charge in [-0.3, -0.25) is 0 Å². The summed E-state index contributed by atoms with van der Waals surface area (Å²) in [5.74, 6) is 0.151. The van der Waals surface area contributed by atoms with E-state index in [-0.39, 0.29) is 5.82 Å². The zero-order chi connectivity index (χ0) is 9.42. The summed E-state index contributed by atoms with van der Waals surface area (Å²) < 4.78 is 13.4. The van der Waals surface area contributed by atoms with E-state index >= 15 is 0 Å². The third-order valence-electron chi connectivity index (χ3n) is 2.50. The summed E-state index contributed by atoms with van der Waals surface area (Å²) >= 11 is 5.80. The number of benzene rings is 1. The largest absolute Gasteiger partial charge is 0.315 e. The van der Waals surface area contributed by atoms with E-state index in [0.717, 1.165) is 24.2 Å². The number of hydrogen-bond donors (Lipinski definition) is 1. The monoisotopic (exact) mass is 199 g/mol. The van der Waals surface area contributed by atoms with Crippen LogP contribution in [0.15, 0.2) is 12.1 Å². The van der Waals surface area contributed by atoms with Gasteiger partial charge in [-0.25, -0.2) is 4.39 Å². The second kappa shape index (κ2) is 3.28. The molecule has 0 aliphatic carbocycles. The molecule has 0 atom stereocenters. The van der Waals surface area contributed by atoms with Gasteiger partial charge >= 0.3 is 0 Å². The Morgan fingerprint density at radius 1 is 1.46 bits per heavy atom. The van der Waals surface area contributed by atoms with Gasteiger partial charge in [-0.05, 0) is 24.1 Å². The Morgan fingerprint density at radius 3 is 2.69 bits per heavy atom. The standard InChI is InChI=1S/C10H11ClFN/c1-6-2-8(7-4-13-5-7)10(12)3-9(6)11/h2-3,7,13H,4-5H2,1H3. The van der Waals surface area contributed by atoms with Crippen LogP contribution in [0.2, 0.25) is 5.02 Å². The second-order valence-electron chi connectivity index (χ2n) is 3.48. The highest BCUT2D eigenvalue weighted by Crippen LogP contribution is 2.27. The van der Waals surface area contributed by atoms with Crippen molar-refractivity contribution >= 4 is 11.6 Å². The molecule has 1 N–H and O–H groups in total. The average molecular weight is 200 g/mol. The highest BCUT2D eigenvalue weighted by Gasteiger charge is 2.22. The molecule has 0 amide bonds. The molecule has 0 unspecified atom stereocenters. The van der Waals surface area contributed by atoms with Gasteiger partial charge < -0.3 is 5.32 Å². The van der Waals surface area contributed by atoms with Crippen LogP contribution in [0.5, 0.6) is 0 Å². The normalized spacial score (nSPS) is 17.2. The van der Waals surface area contributed by atoms with E-state index in [0.29, 0.717) is 10.9 Å². The van der Waals surface area contributed by atoms with Crippen LogP contribution in [0.1, 0.15) is 17.0 Å². The minimum absolute atomic E-state index is 0.179. The molecular weight excluding hydrogens is 189 g/mol. The van der Waals surface area contributed by atoms with Gasteiger partial charge in [-0.1, -0.05) is 17.7 Å². The van der Waals surface area contributed by atoms with E-state index in [1.54, 1.807) is 0 Å². The van der Waals surface area contributed by atoms with Crippen LogP contribution in [-0.4, -0.2) is 13.1 Å². The number of aryl methyl sites for hydroxylation is 1. The van der Waals surface area contributed by atoms with Gasteiger partial charge in [0.15, 0.2) is 0 Å². The van der Waals surface area contributed by atoms with Crippen molar-refractivity contribution in [2.24, 2.45) is 0 Å². The Morgan fingerprint density at radius 2 is 2.15 bits per heavy atom. The third kappa shape index (κ3) is 1.56. The third-order valence-corrected chi connectivity index (χ3v) is 2.91. The molecule has 1 nitrogen and oxygen atoms in total. The predicted molar refractivity (Wildman–Crippen MR) is 51.8 cm³/mol. The molecule has 0 spiro atoms. The summed E-state index contributed by atoms with van der Waals surface area (Å²) in [6.07, 6.45) is 0. The van der Waals surface area contributed by atoms with Crippen LogP contribution in [0, 0.1) is 12.7 Å². The van der Waals surface area contributed by atoms with Crippen LogP contribution >= 0.6 is 11.6 Å². The van der Waals surface area contributed by atoms with Crippen LogP contribution in [0.4, 0.5) is 4.39 Å². The number of nitrogens with one attached hydrogen (secondary N) is 1. The van der Waals surface area contributed by atoms with E-state index < -0.39 is 0 Å². The van der Waals surface area contributed by atoms with Crippen molar-refractivity contribution in [2.45, 2.75) is 12.8 Å². The lowest BCUT2D eigenvalue weighted by molar-refractivity contribution is 0.431. The molecule has 70 valence electrons. The maximum absolute atomic E-state index is 13.4. The maximum atomic E-state index is 13.4. The van der Waals surface area contributed by atoms with Crippen LogP contribution in [-0.2, 0) is 0 Å². The van der Waals surface area contributed by atoms with Crippen molar-refractivity contribution in [3.63, 3.8) is 0 Å². The van der Waals surface area contributed by atoms with E-state index in [1.165, 1.54) is 6.07 Å². The zero-order valence-corrected chi connectivity index (χ0v) is 8.16. The Hall–Kier alpha value is -0.600. The Kier molecular flexibility index (Phi) is 2.26. The average Bonchev–Trinajstić information content (AvgIpc) is 1.96. The Balaban J connectivity index is 2.39. The second-order valence-corrected chi connectivity index (χ2v) is 3.89. The van der Waals surface area contributed by atoms with E-state index in [4.69, 9.17) is 11.6 Å². The molecule has 1 heterocycles. The highest BCUT2D eigenvalue weighted by atomic mass is 35.5. The summed E-state index contributed by atoms with van der Waals surface area (Å²) in [4.78, 5) is 0. The number of halogens is 2. The SMILES string of the molecule is Cc1cc(C2CNC2)c(F)cc1Cl. The lowest BCUT2D eigenvalue weighted by Gasteiger charge is -2.28. The molecule has 0 bridgehead atoms. The van der Waals surface area contributed by atoms with E-state index in [1.807, 2.05) is 13.0 Å². The Labute approximate surface area is 81.9 Å². The fourth-order valence-corrected chi connectivity index (χ4v) is 1.65. The first kappa shape index (κ1) is 8.97. The molecule has 1 aliphatic heterocycles. The van der Waals surface area contributed by atoms with Gasteiger partial charge in [0.05, 0.1) is 0 Å². The topological polar surface area (TPSA) is 12.0 Å². The first-order valence-corrected chi connectivity index (χ1v) is 4.72. The molecule has 1 aliphatic rings. The fourth-order valence-electron chi connectivity index (χ4n) is 1.50. The van der Waals surface area contributed by atoms with Crippen molar-refractivity contribution in [2.75, 3.05) is 13.1 Å². The number of rotatable bonds is 1. The zero-order valence-electron chi connectivity index (χ0n) is 7.40. The van der Waals surface area contributed by atoms with E-state index in [2.05, 4.69) is 5.32 Å². The lowest BCUT2D eigenvalue weighted by Crippen LogP contribution is -2.40. The minimum Gasteiger partial charge on any atom is -0.315 e. The molecule has 3 heteroatoms. The molecule has 0 aromatic heterocycles. The summed E-state index contributed by atoms with van der Waals surface area (Å²) in [7, 11) is 0. The minimum atomic E-state index is -0.179. The summed E-state index contributed by atoms with van der Waals surface area (Å²) in [5, 5.41) is 3.63. The van der Waals surface area contributed by atoms with Gasteiger partial charge in [0, 0.05) is 24.0 Å². The van der Waals surface area contributed by atoms with Gasteiger partial charge in [-0.2, -0.15) is 0 Å². The van der Waals surface area contributed by atoms with Crippen molar-refractivity contribution in [1.29, 1.82) is 0 Å². The van der Waals surface area contributed by atoms with Gasteiger partial charge in [0.2, 0.25) is 0 Å². The van der Waals surface area contributed by atoms with Gasteiger partial charge in [0.25, 0.3) is 0 Å². The maximum Gasteiger partial charge on any atom is 0.128 e. The molecule has 13 heavy (non-hydrogen) atoms. The first-order chi connectivity index (χ1) is 6.18. The first-order valence-electron chi connectivity index (χ1n) is 4.34. The molecule has 0 radical (unpaired) electrons. The molecule has 0 saturated carbocycles. The molecule has 2 rings (SSSR count). The Bertz CT molecular complexity index is 334. The van der Waals surface area contributed by atoms with Crippen LogP contribution < -0.4 is 5.32 Å². The summed E-state index contributed by atoms with van der Waals surface area (Å²) in [6.45, 7) is 3.65. The molecule has 1 saturated heterocycles.